The van der Waals surface area contributed by atoms with Gasteiger partial charge in [0.1, 0.15) is 0 Å². The van der Waals surface area contributed by atoms with Crippen LogP contribution >= 0.6 is 22.6 Å². The Labute approximate surface area is 98.7 Å². The van der Waals surface area contributed by atoms with E-state index in [-0.39, 0.29) is 6.04 Å². The summed E-state index contributed by atoms with van der Waals surface area (Å²) in [5.74, 6) is 5.53. The van der Waals surface area contributed by atoms with Crippen LogP contribution in [-0.4, -0.2) is 0 Å². The fourth-order valence-electron chi connectivity index (χ4n) is 1.36. The molecule has 0 bridgehead atoms. The van der Waals surface area contributed by atoms with Crippen LogP contribution in [0.3, 0.4) is 0 Å². The molecule has 1 aromatic carbocycles. The van der Waals surface area contributed by atoms with Gasteiger partial charge in [-0.2, -0.15) is 0 Å². The van der Waals surface area contributed by atoms with Gasteiger partial charge in [0.15, 0.2) is 0 Å². The van der Waals surface area contributed by atoms with Crippen molar-refractivity contribution in [2.24, 2.45) is 5.84 Å². The van der Waals surface area contributed by atoms with Crippen molar-refractivity contribution in [1.29, 1.82) is 0 Å². The number of hydrazine groups is 1. The van der Waals surface area contributed by atoms with E-state index in [2.05, 4.69) is 46.7 Å². The molecule has 3 N–H and O–H groups in total. The Morgan fingerprint density at radius 3 is 2.71 bits per heavy atom. The Morgan fingerprint density at radius 2 is 2.21 bits per heavy atom. The first-order chi connectivity index (χ1) is 6.65. The van der Waals surface area contributed by atoms with Crippen molar-refractivity contribution in [1.82, 2.24) is 5.43 Å². The maximum Gasteiger partial charge on any atom is 0.0507 e. The molecule has 1 rings (SSSR count). The molecule has 0 aliphatic heterocycles. The van der Waals surface area contributed by atoms with Gasteiger partial charge in [-0.15, -0.1) is 6.58 Å². The van der Waals surface area contributed by atoms with Crippen LogP contribution in [0.25, 0.3) is 0 Å². The molecule has 1 aromatic rings. The average Bonchev–Trinajstić information content (AvgIpc) is 2.15. The predicted octanol–water partition coefficient (Wildman–Crippen LogP) is 2.76. The van der Waals surface area contributed by atoms with Crippen LogP contribution in [-0.2, 0) is 0 Å². The van der Waals surface area contributed by atoms with Crippen LogP contribution in [0.15, 0.2) is 36.4 Å². The molecule has 0 saturated carbocycles. The van der Waals surface area contributed by atoms with Crippen molar-refractivity contribution >= 4 is 22.6 Å². The van der Waals surface area contributed by atoms with Gasteiger partial charge in [0.25, 0.3) is 0 Å². The standard InChI is InChI=1S/C11H15IN2/c1-8(2)7-11(14-13)9-5-3-4-6-10(9)12/h3-6,11,14H,1,7,13H2,2H3. The lowest BCUT2D eigenvalue weighted by molar-refractivity contribution is 0.548. The van der Waals surface area contributed by atoms with Crippen molar-refractivity contribution < 1.29 is 0 Å². The van der Waals surface area contributed by atoms with Gasteiger partial charge in [0.2, 0.25) is 0 Å². The third-order valence-corrected chi connectivity index (χ3v) is 3.02. The molecule has 0 radical (unpaired) electrons. The minimum Gasteiger partial charge on any atom is -0.271 e. The first kappa shape index (κ1) is 11.7. The van der Waals surface area contributed by atoms with Gasteiger partial charge in [-0.1, -0.05) is 23.8 Å². The van der Waals surface area contributed by atoms with Gasteiger partial charge in [0.05, 0.1) is 6.04 Å². The van der Waals surface area contributed by atoms with Gasteiger partial charge in [-0.3, -0.25) is 11.3 Å². The van der Waals surface area contributed by atoms with Gasteiger partial charge in [0, 0.05) is 3.57 Å². The Morgan fingerprint density at radius 1 is 1.57 bits per heavy atom. The van der Waals surface area contributed by atoms with E-state index < -0.39 is 0 Å². The molecule has 0 aliphatic carbocycles. The molecule has 14 heavy (non-hydrogen) atoms. The molecule has 2 nitrogen and oxygen atoms in total. The molecule has 1 atom stereocenters. The van der Waals surface area contributed by atoms with Gasteiger partial charge >= 0.3 is 0 Å². The lowest BCUT2D eigenvalue weighted by Gasteiger charge is -2.17. The summed E-state index contributed by atoms with van der Waals surface area (Å²) in [5.41, 5.74) is 5.19. The lowest BCUT2D eigenvalue weighted by Crippen LogP contribution is -2.28. The van der Waals surface area contributed by atoms with E-state index in [9.17, 15) is 0 Å². The molecular weight excluding hydrogens is 287 g/mol. The molecule has 3 heteroatoms. The number of nitrogens with two attached hydrogens (primary N) is 1. The van der Waals surface area contributed by atoms with Crippen LogP contribution in [0.1, 0.15) is 24.9 Å². The fourth-order valence-corrected chi connectivity index (χ4v) is 2.13. The zero-order valence-corrected chi connectivity index (χ0v) is 10.4. The van der Waals surface area contributed by atoms with Gasteiger partial charge in [-0.25, -0.2) is 0 Å². The Bertz CT molecular complexity index is 323. The minimum atomic E-state index is 0.167. The summed E-state index contributed by atoms with van der Waals surface area (Å²) < 4.78 is 1.23. The molecule has 76 valence electrons. The Balaban J connectivity index is 2.89. The summed E-state index contributed by atoms with van der Waals surface area (Å²) in [7, 11) is 0. The zero-order chi connectivity index (χ0) is 10.6. The van der Waals surface area contributed by atoms with E-state index in [1.54, 1.807) is 0 Å². The topological polar surface area (TPSA) is 38.0 Å². The normalized spacial score (nSPS) is 12.5. The highest BCUT2D eigenvalue weighted by atomic mass is 127. The summed E-state index contributed by atoms with van der Waals surface area (Å²) in [5, 5.41) is 0. The molecule has 0 amide bonds. The summed E-state index contributed by atoms with van der Waals surface area (Å²) in [6.07, 6.45) is 0.872. The maximum atomic E-state index is 5.53. The summed E-state index contributed by atoms with van der Waals surface area (Å²) in [6.45, 7) is 5.91. The van der Waals surface area contributed by atoms with E-state index in [4.69, 9.17) is 5.84 Å². The SMILES string of the molecule is C=C(C)CC(NN)c1ccccc1I. The molecule has 1 unspecified atom stereocenters. The van der Waals surface area contributed by atoms with E-state index >= 15 is 0 Å². The second kappa shape index (κ2) is 5.48. The first-order valence-corrected chi connectivity index (χ1v) is 5.58. The number of halogens is 1. The predicted molar refractivity (Wildman–Crippen MR) is 68.7 cm³/mol. The molecular formula is C11H15IN2. The van der Waals surface area contributed by atoms with Crippen LogP contribution < -0.4 is 11.3 Å². The van der Waals surface area contributed by atoms with E-state index in [1.807, 2.05) is 19.1 Å². The van der Waals surface area contributed by atoms with Crippen LogP contribution in [0.5, 0.6) is 0 Å². The highest BCUT2D eigenvalue weighted by molar-refractivity contribution is 14.1. The summed E-state index contributed by atoms with van der Waals surface area (Å²) >= 11 is 2.32. The number of benzene rings is 1. The first-order valence-electron chi connectivity index (χ1n) is 4.50. The maximum absolute atomic E-state index is 5.53. The number of rotatable bonds is 4. The monoisotopic (exact) mass is 302 g/mol. The number of hydrogen-bond acceptors (Lipinski definition) is 2. The second-order valence-corrected chi connectivity index (χ2v) is 4.56. The number of nitrogens with one attached hydrogen (secondary N) is 1. The van der Waals surface area contributed by atoms with E-state index in [1.165, 1.54) is 9.13 Å². The molecule has 0 aliphatic rings. The van der Waals surface area contributed by atoms with E-state index in [0.29, 0.717) is 0 Å². The van der Waals surface area contributed by atoms with Crippen LogP contribution in [0.4, 0.5) is 0 Å². The molecule has 0 aromatic heterocycles. The Hall–Kier alpha value is -0.390. The highest BCUT2D eigenvalue weighted by Gasteiger charge is 2.11. The van der Waals surface area contributed by atoms with Crippen molar-refractivity contribution in [2.75, 3.05) is 0 Å². The number of hydrogen-bond donors (Lipinski definition) is 2. The minimum absolute atomic E-state index is 0.167. The van der Waals surface area contributed by atoms with E-state index in [0.717, 1.165) is 12.0 Å². The highest BCUT2D eigenvalue weighted by Crippen LogP contribution is 2.23. The largest absolute Gasteiger partial charge is 0.271 e. The zero-order valence-electron chi connectivity index (χ0n) is 8.26. The van der Waals surface area contributed by atoms with Gasteiger partial charge < -0.3 is 0 Å². The quantitative estimate of drug-likeness (QED) is 0.388. The van der Waals surface area contributed by atoms with Crippen molar-refractivity contribution in [3.63, 3.8) is 0 Å². The molecule has 0 heterocycles. The fraction of sp³-hybridized carbons (Fsp3) is 0.273. The lowest BCUT2D eigenvalue weighted by atomic mass is 10.0. The molecule has 0 spiro atoms. The third kappa shape index (κ3) is 3.08. The molecule has 0 saturated heterocycles. The van der Waals surface area contributed by atoms with Crippen LogP contribution in [0.2, 0.25) is 0 Å². The van der Waals surface area contributed by atoms with Crippen molar-refractivity contribution in [3.05, 3.63) is 45.6 Å². The molecule has 0 fully saturated rings. The average molecular weight is 302 g/mol. The summed E-state index contributed by atoms with van der Waals surface area (Å²) in [6, 6.07) is 8.40. The Kier molecular flexibility index (Phi) is 4.57. The second-order valence-electron chi connectivity index (χ2n) is 3.40. The van der Waals surface area contributed by atoms with Crippen molar-refractivity contribution in [3.8, 4) is 0 Å². The van der Waals surface area contributed by atoms with Gasteiger partial charge in [-0.05, 0) is 47.6 Å². The van der Waals surface area contributed by atoms with Crippen molar-refractivity contribution in [2.45, 2.75) is 19.4 Å². The summed E-state index contributed by atoms with van der Waals surface area (Å²) in [4.78, 5) is 0. The third-order valence-electron chi connectivity index (χ3n) is 2.03. The van der Waals surface area contributed by atoms with Crippen LogP contribution in [0, 0.1) is 3.57 Å². The smallest absolute Gasteiger partial charge is 0.0507 e.